The summed E-state index contributed by atoms with van der Waals surface area (Å²) in [5.41, 5.74) is 4.29. The van der Waals surface area contributed by atoms with Gasteiger partial charge >= 0.3 is 0 Å². The number of hydrogen-bond acceptors (Lipinski definition) is 0. The molecule has 64 valence electrons. The first-order chi connectivity index (χ1) is 4.95. The van der Waals surface area contributed by atoms with Crippen molar-refractivity contribution >= 4 is 0 Å². The molecule has 0 heteroatoms. The van der Waals surface area contributed by atoms with Crippen molar-refractivity contribution in [3.63, 3.8) is 0 Å². The van der Waals surface area contributed by atoms with Crippen molar-refractivity contribution < 1.29 is 0 Å². The molecule has 0 aromatic rings. The molecule has 0 aliphatic rings. The standard InChI is InChI=1S/C11H20/c1-8(2)7-11(9(3)4)10(5)6/h7,9H,1-6H3. The molecule has 0 saturated heterocycles. The largest absolute Gasteiger partial charge is 0.0762 e. The van der Waals surface area contributed by atoms with Crippen LogP contribution < -0.4 is 0 Å². The third kappa shape index (κ3) is 4.02. The van der Waals surface area contributed by atoms with Crippen molar-refractivity contribution in [3.05, 3.63) is 22.8 Å². The van der Waals surface area contributed by atoms with Crippen LogP contribution in [0.15, 0.2) is 22.8 Å². The minimum absolute atomic E-state index is 0.648. The summed E-state index contributed by atoms with van der Waals surface area (Å²) >= 11 is 0. The molecule has 0 aliphatic heterocycles. The molecule has 0 N–H and O–H groups in total. The van der Waals surface area contributed by atoms with Crippen LogP contribution in [0, 0.1) is 5.92 Å². The second-order valence-electron chi connectivity index (χ2n) is 3.83. The zero-order valence-corrected chi connectivity index (χ0v) is 8.65. The zero-order valence-electron chi connectivity index (χ0n) is 8.65. The highest BCUT2D eigenvalue weighted by Gasteiger charge is 2.00. The first-order valence-electron chi connectivity index (χ1n) is 4.27. The molecule has 11 heavy (non-hydrogen) atoms. The van der Waals surface area contributed by atoms with Crippen molar-refractivity contribution in [2.45, 2.75) is 41.5 Å². The Kier molecular flexibility index (Phi) is 4.17. The van der Waals surface area contributed by atoms with Gasteiger partial charge in [0.25, 0.3) is 0 Å². The van der Waals surface area contributed by atoms with Crippen LogP contribution in [0.2, 0.25) is 0 Å². The van der Waals surface area contributed by atoms with E-state index in [1.54, 1.807) is 0 Å². The van der Waals surface area contributed by atoms with Gasteiger partial charge in [-0.3, -0.25) is 0 Å². The van der Waals surface area contributed by atoms with E-state index >= 15 is 0 Å². The van der Waals surface area contributed by atoms with Crippen molar-refractivity contribution in [1.29, 1.82) is 0 Å². The molecule has 0 unspecified atom stereocenters. The Labute approximate surface area is 71.0 Å². The highest BCUT2D eigenvalue weighted by molar-refractivity contribution is 5.27. The predicted molar refractivity (Wildman–Crippen MR) is 52.6 cm³/mol. The van der Waals surface area contributed by atoms with E-state index in [1.165, 1.54) is 16.7 Å². The first kappa shape index (κ1) is 10.5. The van der Waals surface area contributed by atoms with E-state index in [2.05, 4.69) is 47.6 Å². The monoisotopic (exact) mass is 152 g/mol. The Morgan fingerprint density at radius 3 is 1.55 bits per heavy atom. The fraction of sp³-hybridized carbons (Fsp3) is 0.636. The Balaban J connectivity index is 4.66. The maximum absolute atomic E-state index is 2.28. The molecule has 0 rings (SSSR count). The van der Waals surface area contributed by atoms with E-state index in [0.29, 0.717) is 5.92 Å². The van der Waals surface area contributed by atoms with Crippen LogP contribution in [-0.2, 0) is 0 Å². The smallest absolute Gasteiger partial charge is 0.0219 e. The molecule has 0 aromatic carbocycles. The van der Waals surface area contributed by atoms with Crippen molar-refractivity contribution in [2.24, 2.45) is 5.92 Å². The highest BCUT2D eigenvalue weighted by Crippen LogP contribution is 2.17. The topological polar surface area (TPSA) is 0 Å². The predicted octanol–water partition coefficient (Wildman–Crippen LogP) is 3.95. The van der Waals surface area contributed by atoms with E-state index in [-0.39, 0.29) is 0 Å². The molecule has 0 radical (unpaired) electrons. The van der Waals surface area contributed by atoms with Gasteiger partial charge in [0, 0.05) is 0 Å². The normalized spacial score (nSPS) is 9.73. The Morgan fingerprint density at radius 2 is 1.45 bits per heavy atom. The average Bonchev–Trinajstić information content (AvgIpc) is 1.81. The summed E-state index contributed by atoms with van der Waals surface area (Å²) in [4.78, 5) is 0. The summed E-state index contributed by atoms with van der Waals surface area (Å²) in [6.45, 7) is 13.1. The molecule has 0 nitrogen and oxygen atoms in total. The van der Waals surface area contributed by atoms with Gasteiger partial charge in [-0.15, -0.1) is 0 Å². The van der Waals surface area contributed by atoms with Gasteiger partial charge in [0.1, 0.15) is 0 Å². The third-order valence-electron chi connectivity index (χ3n) is 1.64. The molecular weight excluding hydrogens is 132 g/mol. The zero-order chi connectivity index (χ0) is 9.02. The second-order valence-corrected chi connectivity index (χ2v) is 3.83. The van der Waals surface area contributed by atoms with E-state index in [9.17, 15) is 0 Å². The van der Waals surface area contributed by atoms with Gasteiger partial charge in [-0.2, -0.15) is 0 Å². The lowest BCUT2D eigenvalue weighted by Gasteiger charge is -2.09. The van der Waals surface area contributed by atoms with Crippen LogP contribution in [0.4, 0.5) is 0 Å². The molecule has 0 amide bonds. The van der Waals surface area contributed by atoms with Gasteiger partial charge in [0.15, 0.2) is 0 Å². The molecule has 0 fully saturated rings. The number of hydrogen-bond donors (Lipinski definition) is 0. The maximum Gasteiger partial charge on any atom is -0.0219 e. The van der Waals surface area contributed by atoms with E-state index in [4.69, 9.17) is 0 Å². The first-order valence-corrected chi connectivity index (χ1v) is 4.27. The van der Waals surface area contributed by atoms with Crippen molar-refractivity contribution in [3.8, 4) is 0 Å². The Hall–Kier alpha value is -0.520. The van der Waals surface area contributed by atoms with Gasteiger partial charge < -0.3 is 0 Å². The van der Waals surface area contributed by atoms with E-state index in [1.807, 2.05) is 0 Å². The second kappa shape index (κ2) is 4.38. The lowest BCUT2D eigenvalue weighted by molar-refractivity contribution is 0.777. The third-order valence-corrected chi connectivity index (χ3v) is 1.64. The fourth-order valence-electron chi connectivity index (χ4n) is 1.20. The summed E-state index contributed by atoms with van der Waals surface area (Å²) < 4.78 is 0. The molecular formula is C11H20. The van der Waals surface area contributed by atoms with Gasteiger partial charge in [0.05, 0.1) is 0 Å². The van der Waals surface area contributed by atoms with Crippen LogP contribution in [0.1, 0.15) is 41.5 Å². The highest BCUT2D eigenvalue weighted by atomic mass is 14.1. The molecule has 0 saturated carbocycles. The molecule has 0 bridgehead atoms. The van der Waals surface area contributed by atoms with Gasteiger partial charge in [-0.05, 0) is 39.2 Å². The molecule has 0 aliphatic carbocycles. The lowest BCUT2D eigenvalue weighted by Crippen LogP contribution is -1.93. The van der Waals surface area contributed by atoms with Crippen molar-refractivity contribution in [1.82, 2.24) is 0 Å². The molecule has 0 heterocycles. The molecule has 0 aromatic heterocycles. The summed E-state index contributed by atoms with van der Waals surface area (Å²) in [5.74, 6) is 0.648. The lowest BCUT2D eigenvalue weighted by atomic mass is 9.97. The van der Waals surface area contributed by atoms with Crippen LogP contribution in [0.25, 0.3) is 0 Å². The minimum Gasteiger partial charge on any atom is -0.0762 e. The van der Waals surface area contributed by atoms with Crippen LogP contribution in [0.3, 0.4) is 0 Å². The van der Waals surface area contributed by atoms with E-state index in [0.717, 1.165) is 0 Å². The van der Waals surface area contributed by atoms with Crippen LogP contribution in [-0.4, -0.2) is 0 Å². The maximum atomic E-state index is 2.28. The van der Waals surface area contributed by atoms with Crippen molar-refractivity contribution in [2.75, 3.05) is 0 Å². The van der Waals surface area contributed by atoms with E-state index < -0.39 is 0 Å². The quantitative estimate of drug-likeness (QED) is 0.526. The number of allylic oxidation sites excluding steroid dienone is 4. The molecule has 0 spiro atoms. The minimum atomic E-state index is 0.648. The molecule has 0 atom stereocenters. The number of rotatable bonds is 2. The summed E-state index contributed by atoms with van der Waals surface area (Å²) in [7, 11) is 0. The fourth-order valence-corrected chi connectivity index (χ4v) is 1.20. The Bertz CT molecular complexity index is 172. The summed E-state index contributed by atoms with van der Waals surface area (Å²) in [6, 6.07) is 0. The van der Waals surface area contributed by atoms with Crippen LogP contribution in [0.5, 0.6) is 0 Å². The SMILES string of the molecule is CC(C)=CC(=C(C)C)C(C)C. The average molecular weight is 152 g/mol. The summed E-state index contributed by atoms with van der Waals surface area (Å²) in [6.07, 6.45) is 2.28. The Morgan fingerprint density at radius 1 is 1.00 bits per heavy atom. The summed E-state index contributed by atoms with van der Waals surface area (Å²) in [5, 5.41) is 0. The van der Waals surface area contributed by atoms with Gasteiger partial charge in [0.2, 0.25) is 0 Å². The van der Waals surface area contributed by atoms with Gasteiger partial charge in [-0.1, -0.05) is 31.1 Å². The van der Waals surface area contributed by atoms with Crippen LogP contribution >= 0.6 is 0 Å². The van der Waals surface area contributed by atoms with Gasteiger partial charge in [-0.25, -0.2) is 0 Å².